The summed E-state index contributed by atoms with van der Waals surface area (Å²) in [5.74, 6) is 2.26. The van der Waals surface area contributed by atoms with Gasteiger partial charge in [-0.05, 0) is 63.2 Å². The van der Waals surface area contributed by atoms with Crippen LogP contribution in [0.15, 0.2) is 0 Å². The molecule has 4 aliphatic carbocycles. The predicted octanol–water partition coefficient (Wildman–Crippen LogP) is 2.10. The summed E-state index contributed by atoms with van der Waals surface area (Å²) < 4.78 is 10.4. The van der Waals surface area contributed by atoms with Crippen LogP contribution in [0.25, 0.3) is 0 Å². The Hall–Kier alpha value is -0.610. The van der Waals surface area contributed by atoms with E-state index in [-0.39, 0.29) is 24.6 Å². The molecule has 1 unspecified atom stereocenters. The Kier molecular flexibility index (Phi) is 3.56. The van der Waals surface area contributed by atoms with Crippen LogP contribution in [-0.2, 0) is 14.3 Å². The van der Waals surface area contributed by atoms with Crippen molar-refractivity contribution in [3.63, 3.8) is 0 Å². The van der Waals surface area contributed by atoms with Crippen molar-refractivity contribution in [3.8, 4) is 0 Å². The SMILES string of the molecule is CC(O)OCCOC(=O)C12CC3CC(CC(C3)C1)C2. The van der Waals surface area contributed by atoms with Gasteiger partial charge in [-0.1, -0.05) is 0 Å². The molecule has 0 heterocycles. The van der Waals surface area contributed by atoms with Crippen LogP contribution in [-0.4, -0.2) is 30.6 Å². The van der Waals surface area contributed by atoms with Crippen LogP contribution in [0.3, 0.4) is 0 Å². The minimum absolute atomic E-state index is 0.0132. The molecule has 0 radical (unpaired) electrons. The fourth-order valence-corrected chi connectivity index (χ4v) is 4.87. The highest BCUT2D eigenvalue weighted by Gasteiger charge is 2.55. The van der Waals surface area contributed by atoms with Crippen LogP contribution in [0, 0.1) is 23.2 Å². The van der Waals surface area contributed by atoms with Crippen molar-refractivity contribution in [1.29, 1.82) is 0 Å². The standard InChI is InChI=1S/C15H24O4/c1-10(16)18-2-3-19-14(17)15-7-11-4-12(8-15)6-13(5-11)9-15/h10-13,16H,2-9H2,1H3. The molecule has 0 saturated heterocycles. The van der Waals surface area contributed by atoms with Gasteiger partial charge in [-0.3, -0.25) is 4.79 Å². The summed E-state index contributed by atoms with van der Waals surface area (Å²) >= 11 is 0. The molecule has 0 amide bonds. The lowest BCUT2D eigenvalue weighted by Gasteiger charge is -2.55. The molecule has 0 aliphatic heterocycles. The second-order valence-corrected chi connectivity index (χ2v) is 6.80. The molecular weight excluding hydrogens is 244 g/mol. The fraction of sp³-hybridized carbons (Fsp3) is 0.933. The molecular formula is C15H24O4. The number of hydrogen-bond acceptors (Lipinski definition) is 4. The van der Waals surface area contributed by atoms with Crippen molar-refractivity contribution in [2.75, 3.05) is 13.2 Å². The first kappa shape index (κ1) is 13.4. The average Bonchev–Trinajstić information content (AvgIpc) is 2.32. The van der Waals surface area contributed by atoms with Gasteiger partial charge in [-0.2, -0.15) is 0 Å². The van der Waals surface area contributed by atoms with Gasteiger partial charge >= 0.3 is 5.97 Å². The van der Waals surface area contributed by atoms with E-state index in [1.165, 1.54) is 19.3 Å². The van der Waals surface area contributed by atoms with Gasteiger partial charge < -0.3 is 14.6 Å². The molecule has 4 fully saturated rings. The van der Waals surface area contributed by atoms with Crippen molar-refractivity contribution in [2.24, 2.45) is 23.2 Å². The predicted molar refractivity (Wildman–Crippen MR) is 69.2 cm³/mol. The van der Waals surface area contributed by atoms with E-state index in [1.54, 1.807) is 6.92 Å². The molecule has 19 heavy (non-hydrogen) atoms. The van der Waals surface area contributed by atoms with Gasteiger partial charge in [0.2, 0.25) is 0 Å². The maximum Gasteiger partial charge on any atom is 0.312 e. The van der Waals surface area contributed by atoms with Crippen molar-refractivity contribution < 1.29 is 19.4 Å². The van der Waals surface area contributed by atoms with Crippen molar-refractivity contribution >= 4 is 5.97 Å². The second-order valence-electron chi connectivity index (χ2n) is 6.80. The summed E-state index contributed by atoms with van der Waals surface area (Å²) in [6.07, 6.45) is 6.31. The monoisotopic (exact) mass is 268 g/mol. The summed E-state index contributed by atoms with van der Waals surface area (Å²) in [6.45, 7) is 2.09. The van der Waals surface area contributed by atoms with Crippen LogP contribution in [0.1, 0.15) is 45.4 Å². The lowest BCUT2D eigenvalue weighted by atomic mass is 9.49. The molecule has 4 aliphatic rings. The maximum absolute atomic E-state index is 12.4. The van der Waals surface area contributed by atoms with Crippen LogP contribution in [0.2, 0.25) is 0 Å². The molecule has 0 aromatic rings. The Morgan fingerprint density at radius 2 is 1.68 bits per heavy atom. The van der Waals surface area contributed by atoms with E-state index in [4.69, 9.17) is 14.6 Å². The van der Waals surface area contributed by atoms with Crippen molar-refractivity contribution in [1.82, 2.24) is 0 Å². The quantitative estimate of drug-likeness (QED) is 0.471. The Labute approximate surface area is 114 Å². The number of carbonyl (C=O) groups excluding carboxylic acids is 1. The van der Waals surface area contributed by atoms with E-state index >= 15 is 0 Å². The van der Waals surface area contributed by atoms with Gasteiger partial charge in [0.25, 0.3) is 0 Å². The first-order valence-electron chi connectivity index (χ1n) is 7.54. The lowest BCUT2D eigenvalue weighted by molar-refractivity contribution is -0.175. The normalized spacial score (nSPS) is 41.3. The highest BCUT2D eigenvalue weighted by atomic mass is 16.6. The molecule has 0 spiro atoms. The largest absolute Gasteiger partial charge is 0.463 e. The number of esters is 1. The molecule has 4 saturated carbocycles. The van der Waals surface area contributed by atoms with Crippen LogP contribution in [0.4, 0.5) is 0 Å². The second kappa shape index (κ2) is 5.06. The molecule has 4 heteroatoms. The van der Waals surface area contributed by atoms with Gasteiger partial charge in [0.15, 0.2) is 6.29 Å². The minimum atomic E-state index is -0.793. The van der Waals surface area contributed by atoms with E-state index in [2.05, 4.69) is 0 Å². The Bertz CT molecular complexity index is 315. The highest BCUT2D eigenvalue weighted by molar-refractivity contribution is 5.77. The summed E-state index contributed by atoms with van der Waals surface area (Å²) in [5, 5.41) is 8.98. The molecule has 4 bridgehead atoms. The van der Waals surface area contributed by atoms with E-state index in [0.29, 0.717) is 0 Å². The Morgan fingerprint density at radius 3 is 2.16 bits per heavy atom. The summed E-state index contributed by atoms with van der Waals surface area (Å²) in [4.78, 5) is 12.4. The molecule has 4 rings (SSSR count). The first-order chi connectivity index (χ1) is 9.07. The van der Waals surface area contributed by atoms with Crippen molar-refractivity contribution in [3.05, 3.63) is 0 Å². The van der Waals surface area contributed by atoms with Gasteiger partial charge in [-0.25, -0.2) is 0 Å². The molecule has 108 valence electrons. The smallest absolute Gasteiger partial charge is 0.312 e. The van der Waals surface area contributed by atoms with E-state index in [0.717, 1.165) is 37.0 Å². The third-order valence-corrected chi connectivity index (χ3v) is 5.15. The Morgan fingerprint density at radius 1 is 1.16 bits per heavy atom. The number of ether oxygens (including phenoxy) is 2. The number of carbonyl (C=O) groups is 1. The number of aliphatic hydroxyl groups excluding tert-OH is 1. The first-order valence-corrected chi connectivity index (χ1v) is 7.54. The average molecular weight is 268 g/mol. The molecule has 0 aromatic carbocycles. The zero-order chi connectivity index (χ0) is 13.5. The van der Waals surface area contributed by atoms with Crippen molar-refractivity contribution in [2.45, 2.75) is 51.7 Å². The number of aliphatic hydroxyl groups is 1. The molecule has 4 nitrogen and oxygen atoms in total. The highest BCUT2D eigenvalue weighted by Crippen LogP contribution is 2.60. The van der Waals surface area contributed by atoms with Gasteiger partial charge in [-0.15, -0.1) is 0 Å². The topological polar surface area (TPSA) is 55.8 Å². The Balaban J connectivity index is 1.54. The van der Waals surface area contributed by atoms with Crippen LogP contribution in [0.5, 0.6) is 0 Å². The third kappa shape index (κ3) is 2.65. The molecule has 1 atom stereocenters. The molecule has 0 aromatic heterocycles. The summed E-state index contributed by atoms with van der Waals surface area (Å²) in [7, 11) is 0. The zero-order valence-electron chi connectivity index (χ0n) is 11.6. The number of rotatable bonds is 5. The van der Waals surface area contributed by atoms with Gasteiger partial charge in [0, 0.05) is 0 Å². The third-order valence-electron chi connectivity index (χ3n) is 5.15. The summed E-state index contributed by atoms with van der Waals surface area (Å²) in [5.41, 5.74) is -0.181. The maximum atomic E-state index is 12.4. The van der Waals surface area contributed by atoms with Gasteiger partial charge in [0.1, 0.15) is 6.61 Å². The molecule has 1 N–H and O–H groups in total. The minimum Gasteiger partial charge on any atom is -0.463 e. The summed E-state index contributed by atoms with van der Waals surface area (Å²) in [6, 6.07) is 0. The van der Waals surface area contributed by atoms with Crippen LogP contribution >= 0.6 is 0 Å². The van der Waals surface area contributed by atoms with Crippen LogP contribution < -0.4 is 0 Å². The lowest BCUT2D eigenvalue weighted by Crippen LogP contribution is -2.50. The van der Waals surface area contributed by atoms with Gasteiger partial charge in [0.05, 0.1) is 12.0 Å². The van der Waals surface area contributed by atoms with E-state index < -0.39 is 6.29 Å². The fourth-order valence-electron chi connectivity index (χ4n) is 4.87. The van der Waals surface area contributed by atoms with E-state index in [9.17, 15) is 4.79 Å². The number of hydrogen-bond donors (Lipinski definition) is 1. The zero-order valence-corrected chi connectivity index (χ0v) is 11.6. The van der Waals surface area contributed by atoms with E-state index in [1.807, 2.05) is 0 Å².